The molecular formula is C26H30N6O4. The number of rotatable bonds is 8. The van der Waals surface area contributed by atoms with Crippen LogP contribution in [0.2, 0.25) is 0 Å². The smallest absolute Gasteiger partial charge is 0.277 e. The molecule has 1 fully saturated rings. The minimum Gasteiger partial charge on any atom is -0.444 e. The average Bonchev–Trinajstić information content (AvgIpc) is 3.54. The molecular weight excluding hydrogens is 460 g/mol. The standard InChI is InChI=1S/C26H30N6O4/c1-17-11-19(3-6-27-17)26-29-23(16-36-26)25(34)28-22-12-20-14-32(9-10-35-2)30-21(20)13-24(22)31-7-4-18(15-33)5-8-31/h3,6,11-14,16,18,33H,4-5,7-10,15H2,1-2H3,(H,28,34). The van der Waals surface area contributed by atoms with Gasteiger partial charge in [0.2, 0.25) is 5.89 Å². The van der Waals surface area contributed by atoms with Gasteiger partial charge in [0.15, 0.2) is 5.69 Å². The SMILES string of the molecule is COCCn1cc2cc(NC(=O)c3coc(-c4ccnc(C)c4)n3)c(N3CCC(CO)CC3)cc2n1. The molecule has 0 atom stereocenters. The van der Waals surface area contributed by atoms with Crippen LogP contribution in [0.25, 0.3) is 22.4 Å². The van der Waals surface area contributed by atoms with Gasteiger partial charge in [-0.2, -0.15) is 5.10 Å². The fraction of sp³-hybridized carbons (Fsp3) is 0.385. The summed E-state index contributed by atoms with van der Waals surface area (Å²) >= 11 is 0. The molecule has 0 bridgehead atoms. The number of hydrogen-bond acceptors (Lipinski definition) is 8. The van der Waals surface area contributed by atoms with E-state index in [0.717, 1.165) is 53.8 Å². The van der Waals surface area contributed by atoms with E-state index in [1.54, 1.807) is 19.4 Å². The average molecular weight is 491 g/mol. The lowest BCUT2D eigenvalue weighted by atomic mass is 9.97. The summed E-state index contributed by atoms with van der Waals surface area (Å²) in [6.07, 6.45) is 6.78. The van der Waals surface area contributed by atoms with Crippen LogP contribution in [-0.2, 0) is 11.3 Å². The number of aliphatic hydroxyl groups is 1. The van der Waals surface area contributed by atoms with Crippen molar-refractivity contribution in [2.45, 2.75) is 26.3 Å². The van der Waals surface area contributed by atoms with E-state index in [1.165, 1.54) is 6.26 Å². The molecule has 2 N–H and O–H groups in total. The molecule has 1 aromatic carbocycles. The Balaban J connectivity index is 1.44. The van der Waals surface area contributed by atoms with Crippen LogP contribution < -0.4 is 10.2 Å². The Morgan fingerprint density at radius 1 is 1.28 bits per heavy atom. The van der Waals surface area contributed by atoms with Crippen molar-refractivity contribution in [3.05, 3.63) is 54.3 Å². The van der Waals surface area contributed by atoms with Gasteiger partial charge in [0.05, 0.1) is 30.0 Å². The van der Waals surface area contributed by atoms with Crippen LogP contribution in [0.4, 0.5) is 11.4 Å². The molecule has 3 aromatic heterocycles. The quantitative estimate of drug-likeness (QED) is 0.385. The molecule has 1 saturated heterocycles. The van der Waals surface area contributed by atoms with Gasteiger partial charge in [-0.1, -0.05) is 0 Å². The highest BCUT2D eigenvalue weighted by Crippen LogP contribution is 2.34. The Morgan fingerprint density at radius 2 is 2.11 bits per heavy atom. The lowest BCUT2D eigenvalue weighted by Gasteiger charge is -2.34. The number of benzene rings is 1. The number of amides is 1. The summed E-state index contributed by atoms with van der Waals surface area (Å²) in [4.78, 5) is 24.0. The van der Waals surface area contributed by atoms with Gasteiger partial charge < -0.3 is 24.5 Å². The Morgan fingerprint density at radius 3 is 2.86 bits per heavy atom. The van der Waals surface area contributed by atoms with Crippen molar-refractivity contribution in [1.29, 1.82) is 0 Å². The summed E-state index contributed by atoms with van der Waals surface area (Å²) in [6.45, 7) is 4.87. The van der Waals surface area contributed by atoms with Gasteiger partial charge in [0.1, 0.15) is 6.26 Å². The fourth-order valence-electron chi connectivity index (χ4n) is 4.50. The zero-order chi connectivity index (χ0) is 25.1. The zero-order valence-electron chi connectivity index (χ0n) is 20.5. The van der Waals surface area contributed by atoms with Crippen LogP contribution in [0.15, 0.2) is 47.3 Å². The summed E-state index contributed by atoms with van der Waals surface area (Å²) in [5, 5.41) is 18.2. The molecule has 10 heteroatoms. The Hall–Kier alpha value is -3.76. The first-order chi connectivity index (χ1) is 17.5. The van der Waals surface area contributed by atoms with Gasteiger partial charge in [-0.3, -0.25) is 14.5 Å². The summed E-state index contributed by atoms with van der Waals surface area (Å²) in [6, 6.07) is 7.62. The molecule has 10 nitrogen and oxygen atoms in total. The van der Waals surface area contributed by atoms with Gasteiger partial charge in [-0.15, -0.1) is 0 Å². The van der Waals surface area contributed by atoms with Gasteiger partial charge in [-0.05, 0) is 49.9 Å². The maximum Gasteiger partial charge on any atom is 0.277 e. The van der Waals surface area contributed by atoms with E-state index in [2.05, 4.69) is 25.3 Å². The molecule has 0 aliphatic carbocycles. The molecule has 1 aliphatic heterocycles. The van der Waals surface area contributed by atoms with E-state index in [0.29, 0.717) is 30.6 Å². The number of methoxy groups -OCH3 is 1. The minimum atomic E-state index is -0.353. The number of hydrogen-bond donors (Lipinski definition) is 2. The van der Waals surface area contributed by atoms with E-state index in [1.807, 2.05) is 36.0 Å². The van der Waals surface area contributed by atoms with E-state index in [4.69, 9.17) is 9.15 Å². The second kappa shape index (κ2) is 10.5. The van der Waals surface area contributed by atoms with Crippen LogP contribution >= 0.6 is 0 Å². The summed E-state index contributed by atoms with van der Waals surface area (Å²) in [5.41, 5.74) is 4.23. The molecule has 36 heavy (non-hydrogen) atoms. The molecule has 0 unspecified atom stereocenters. The third-order valence-electron chi connectivity index (χ3n) is 6.54. The molecule has 1 aliphatic rings. The fourth-order valence-corrected chi connectivity index (χ4v) is 4.50. The number of aromatic nitrogens is 4. The Kier molecular flexibility index (Phi) is 6.97. The van der Waals surface area contributed by atoms with Crippen molar-refractivity contribution >= 4 is 28.2 Å². The second-order valence-electron chi connectivity index (χ2n) is 9.10. The molecule has 0 saturated carbocycles. The van der Waals surface area contributed by atoms with Gasteiger partial charge in [0.25, 0.3) is 5.91 Å². The number of nitrogens with one attached hydrogen (secondary N) is 1. The van der Waals surface area contributed by atoms with Crippen LogP contribution in [0.3, 0.4) is 0 Å². The monoisotopic (exact) mass is 490 g/mol. The highest BCUT2D eigenvalue weighted by Gasteiger charge is 2.23. The number of pyridine rings is 1. The number of anilines is 2. The van der Waals surface area contributed by atoms with Crippen LogP contribution in [0, 0.1) is 12.8 Å². The number of piperidine rings is 1. The normalized spacial score (nSPS) is 14.5. The van der Waals surface area contributed by atoms with Crippen LogP contribution in [0.5, 0.6) is 0 Å². The van der Waals surface area contributed by atoms with Crippen LogP contribution in [0.1, 0.15) is 29.0 Å². The first-order valence-corrected chi connectivity index (χ1v) is 12.1. The summed E-state index contributed by atoms with van der Waals surface area (Å²) < 4.78 is 12.6. The van der Waals surface area contributed by atoms with E-state index in [-0.39, 0.29) is 18.2 Å². The first-order valence-electron chi connectivity index (χ1n) is 12.1. The number of aryl methyl sites for hydroxylation is 1. The predicted molar refractivity (Wildman–Crippen MR) is 136 cm³/mol. The predicted octanol–water partition coefficient (Wildman–Crippen LogP) is 3.50. The molecule has 188 valence electrons. The number of carbonyl (C=O) groups excluding carboxylic acids is 1. The van der Waals surface area contributed by atoms with Crippen LogP contribution in [-0.4, -0.2) is 64.2 Å². The highest BCUT2D eigenvalue weighted by molar-refractivity contribution is 6.06. The lowest BCUT2D eigenvalue weighted by molar-refractivity contribution is 0.102. The number of nitrogens with zero attached hydrogens (tertiary/aromatic N) is 5. The van der Waals surface area contributed by atoms with Crippen molar-refractivity contribution in [3.63, 3.8) is 0 Å². The van der Waals surface area contributed by atoms with E-state index >= 15 is 0 Å². The molecule has 1 amide bonds. The lowest BCUT2D eigenvalue weighted by Crippen LogP contribution is -2.35. The number of fused-ring (bicyclic) bond motifs is 1. The van der Waals surface area contributed by atoms with Crippen molar-refractivity contribution in [2.75, 3.05) is 43.6 Å². The second-order valence-corrected chi connectivity index (χ2v) is 9.10. The number of oxazole rings is 1. The van der Waals surface area contributed by atoms with E-state index < -0.39 is 0 Å². The van der Waals surface area contributed by atoms with Crippen molar-refractivity contribution in [2.24, 2.45) is 5.92 Å². The van der Waals surface area contributed by atoms with Crippen molar-refractivity contribution in [1.82, 2.24) is 19.7 Å². The molecule has 4 aromatic rings. The first kappa shape index (κ1) is 24.0. The number of carbonyl (C=O) groups is 1. The van der Waals surface area contributed by atoms with Gasteiger partial charge in [-0.25, -0.2) is 4.98 Å². The molecule has 0 spiro atoms. The minimum absolute atomic E-state index is 0.195. The Bertz CT molecular complexity index is 1360. The molecule has 5 rings (SSSR count). The van der Waals surface area contributed by atoms with Gasteiger partial charge >= 0.3 is 0 Å². The summed E-state index contributed by atoms with van der Waals surface area (Å²) in [5.74, 6) is 0.321. The summed E-state index contributed by atoms with van der Waals surface area (Å²) in [7, 11) is 1.66. The van der Waals surface area contributed by atoms with E-state index in [9.17, 15) is 9.90 Å². The van der Waals surface area contributed by atoms with Gasteiger partial charge in [0, 0.05) is 55.8 Å². The van der Waals surface area contributed by atoms with Crippen molar-refractivity contribution in [3.8, 4) is 11.5 Å². The third kappa shape index (κ3) is 5.09. The molecule has 4 heterocycles. The number of aliphatic hydroxyl groups excluding tert-OH is 1. The van der Waals surface area contributed by atoms with Crippen molar-refractivity contribution < 1.29 is 19.1 Å². The highest BCUT2D eigenvalue weighted by atomic mass is 16.5. The maximum absolute atomic E-state index is 13.2. The molecule has 0 radical (unpaired) electrons. The largest absolute Gasteiger partial charge is 0.444 e. The third-order valence-corrected chi connectivity index (χ3v) is 6.54. The maximum atomic E-state index is 13.2. The number of ether oxygens (including phenoxy) is 1. The zero-order valence-corrected chi connectivity index (χ0v) is 20.5. The topological polar surface area (TPSA) is 119 Å². The Labute approximate surface area is 208 Å².